The number of nitrogens with one attached hydrogen (secondary N) is 2. The van der Waals surface area contributed by atoms with Crippen molar-refractivity contribution in [1.29, 1.82) is 0 Å². The van der Waals surface area contributed by atoms with E-state index >= 15 is 0 Å². The van der Waals surface area contributed by atoms with Crippen molar-refractivity contribution in [2.45, 2.75) is 82.5 Å². The van der Waals surface area contributed by atoms with E-state index in [1.54, 1.807) is 18.2 Å². The molecule has 2 atom stereocenters. The van der Waals surface area contributed by atoms with Crippen molar-refractivity contribution in [2.75, 3.05) is 39.1 Å². The second-order valence-corrected chi connectivity index (χ2v) is 12.0. The first-order chi connectivity index (χ1) is 20.6. The molecule has 0 bridgehead atoms. The van der Waals surface area contributed by atoms with Gasteiger partial charge in [-0.05, 0) is 89.2 Å². The molecule has 0 spiro atoms. The van der Waals surface area contributed by atoms with Gasteiger partial charge in [0, 0.05) is 36.8 Å². The molecule has 5 rings (SSSR count). The van der Waals surface area contributed by atoms with Crippen LogP contribution in [0.1, 0.15) is 79.4 Å². The van der Waals surface area contributed by atoms with E-state index in [2.05, 4.69) is 32.5 Å². The molecule has 2 aromatic rings. The lowest BCUT2D eigenvalue weighted by atomic mass is 9.79. The Balaban J connectivity index is 1.34. The highest BCUT2D eigenvalue weighted by Crippen LogP contribution is 2.37. The Labute approximate surface area is 250 Å². The number of carbonyl (C=O) groups is 2. The van der Waals surface area contributed by atoms with E-state index in [4.69, 9.17) is 4.74 Å². The molecule has 0 radical (unpaired) electrons. The largest absolute Gasteiger partial charge is 0.495 e. The zero-order valence-corrected chi connectivity index (χ0v) is 24.9. The summed E-state index contributed by atoms with van der Waals surface area (Å²) in [4.78, 5) is 38.1. The number of ether oxygens (including phenoxy) is 1. The molecule has 3 heterocycles. The lowest BCUT2D eigenvalue weighted by molar-refractivity contribution is -0.140. The summed E-state index contributed by atoms with van der Waals surface area (Å²) in [5.74, 6) is 0.126. The van der Waals surface area contributed by atoms with Crippen LogP contribution in [0.4, 0.5) is 24.8 Å². The van der Waals surface area contributed by atoms with Gasteiger partial charge in [-0.3, -0.25) is 9.59 Å². The van der Waals surface area contributed by atoms with Crippen LogP contribution in [0.5, 0.6) is 5.75 Å². The van der Waals surface area contributed by atoms with E-state index in [1.165, 1.54) is 7.11 Å². The molecule has 2 aliphatic heterocycles. The van der Waals surface area contributed by atoms with Crippen LogP contribution in [-0.4, -0.2) is 77.5 Å². The molecule has 0 unspecified atom stereocenters. The van der Waals surface area contributed by atoms with E-state index in [0.717, 1.165) is 70.7 Å². The second-order valence-electron chi connectivity index (χ2n) is 12.0. The number of rotatable bonds is 8. The zero-order valence-electron chi connectivity index (χ0n) is 24.9. The normalized spacial score (nSPS) is 22.3. The van der Waals surface area contributed by atoms with Crippen molar-refractivity contribution in [2.24, 2.45) is 5.92 Å². The maximum atomic E-state index is 14.1. The zero-order chi connectivity index (χ0) is 30.6. The van der Waals surface area contributed by atoms with Crippen LogP contribution in [0, 0.1) is 5.92 Å². The van der Waals surface area contributed by atoms with Crippen LogP contribution < -0.4 is 15.4 Å². The highest BCUT2D eigenvalue weighted by atomic mass is 19.4. The highest BCUT2D eigenvalue weighted by molar-refractivity contribution is 5.95. The summed E-state index contributed by atoms with van der Waals surface area (Å²) in [6.45, 7) is 2.50. The van der Waals surface area contributed by atoms with Crippen molar-refractivity contribution in [3.8, 4) is 5.75 Å². The molecule has 43 heavy (non-hydrogen) atoms. The molecule has 9 nitrogen and oxygen atoms in total. The Morgan fingerprint density at radius 1 is 1.07 bits per heavy atom. The molecule has 2 saturated heterocycles. The van der Waals surface area contributed by atoms with Gasteiger partial charge in [-0.15, -0.1) is 0 Å². The minimum atomic E-state index is -4.61. The molecule has 3 fully saturated rings. The van der Waals surface area contributed by atoms with Crippen LogP contribution in [0.15, 0.2) is 24.4 Å². The van der Waals surface area contributed by atoms with Gasteiger partial charge in [0.2, 0.25) is 11.9 Å². The predicted octanol–water partition coefficient (Wildman–Crippen LogP) is 5.19. The van der Waals surface area contributed by atoms with Crippen LogP contribution in [-0.2, 0) is 17.4 Å². The quantitative estimate of drug-likeness (QED) is 0.429. The number of hydrogen-bond acceptors (Lipinski definition) is 7. The maximum absolute atomic E-state index is 14.1. The number of piperidine rings is 2. The minimum Gasteiger partial charge on any atom is -0.495 e. The Kier molecular flexibility index (Phi) is 9.73. The second kappa shape index (κ2) is 13.5. The molecular weight excluding hydrogens is 561 g/mol. The molecule has 12 heteroatoms. The molecule has 1 aliphatic carbocycles. The SMILES string of the molecule is COc1cc(C(=O)NC2CCN(C)CC2)ccc1Nc1ncc(C(F)(F)F)c(C[C@@H]2CCCC[C@H]2N2CCCCC2=O)n1. The third kappa shape index (κ3) is 7.57. The van der Waals surface area contributed by atoms with Gasteiger partial charge in [-0.2, -0.15) is 13.2 Å². The molecule has 2 N–H and O–H groups in total. The van der Waals surface area contributed by atoms with Gasteiger partial charge in [-0.25, -0.2) is 9.97 Å². The summed E-state index contributed by atoms with van der Waals surface area (Å²) in [6.07, 6.45) is 3.76. The average molecular weight is 603 g/mol. The van der Waals surface area contributed by atoms with Gasteiger partial charge in [0.15, 0.2) is 0 Å². The number of methoxy groups -OCH3 is 1. The van der Waals surface area contributed by atoms with Crippen LogP contribution >= 0.6 is 0 Å². The Morgan fingerprint density at radius 3 is 2.56 bits per heavy atom. The van der Waals surface area contributed by atoms with Gasteiger partial charge < -0.3 is 25.2 Å². The maximum Gasteiger partial charge on any atom is 0.419 e. The first-order valence-electron chi connectivity index (χ1n) is 15.3. The van der Waals surface area contributed by atoms with Gasteiger partial charge >= 0.3 is 6.18 Å². The molecule has 234 valence electrons. The monoisotopic (exact) mass is 602 g/mol. The Hall–Kier alpha value is -3.41. The first kappa shape index (κ1) is 31.0. The van der Waals surface area contributed by atoms with Crippen LogP contribution in [0.25, 0.3) is 0 Å². The third-order valence-electron chi connectivity index (χ3n) is 9.02. The molecule has 1 saturated carbocycles. The van der Waals surface area contributed by atoms with Gasteiger partial charge in [-0.1, -0.05) is 12.8 Å². The van der Waals surface area contributed by atoms with Crippen molar-refractivity contribution in [3.05, 3.63) is 41.2 Å². The summed E-state index contributed by atoms with van der Waals surface area (Å²) in [5, 5.41) is 6.07. The van der Waals surface area contributed by atoms with Gasteiger partial charge in [0.1, 0.15) is 5.75 Å². The van der Waals surface area contributed by atoms with Crippen molar-refractivity contribution >= 4 is 23.5 Å². The fraction of sp³-hybridized carbons (Fsp3) is 0.613. The van der Waals surface area contributed by atoms with E-state index < -0.39 is 11.7 Å². The van der Waals surface area contributed by atoms with Crippen LogP contribution in [0.3, 0.4) is 0 Å². The first-order valence-corrected chi connectivity index (χ1v) is 15.3. The van der Waals surface area contributed by atoms with Gasteiger partial charge in [0.25, 0.3) is 5.91 Å². The standard InChI is InChI=1S/C31H41F3N6O3/c1-39-15-12-22(13-16-39)36-29(42)21-10-11-24(27(18-21)43-2)37-30-35-19-23(31(32,33)34)25(38-30)17-20-7-3-4-8-26(20)40-14-6-5-9-28(40)41/h10-11,18-20,22,26H,3-9,12-17H2,1-2H3,(H,36,42)(H,35,37,38)/t20-,26+/m0/s1. The Morgan fingerprint density at radius 2 is 1.84 bits per heavy atom. The number of hydrogen-bond donors (Lipinski definition) is 2. The van der Waals surface area contributed by atoms with E-state index in [0.29, 0.717) is 30.0 Å². The predicted molar refractivity (Wildman–Crippen MR) is 156 cm³/mol. The number of likely N-dealkylation sites (tertiary alicyclic amines) is 2. The lowest BCUT2D eigenvalue weighted by Gasteiger charge is -2.42. The summed E-state index contributed by atoms with van der Waals surface area (Å²) in [6, 6.07) is 4.90. The van der Waals surface area contributed by atoms with E-state index in [1.807, 2.05) is 4.90 Å². The fourth-order valence-electron chi connectivity index (χ4n) is 6.61. The van der Waals surface area contributed by atoms with Crippen molar-refractivity contribution < 1.29 is 27.5 Å². The summed E-state index contributed by atoms with van der Waals surface area (Å²) >= 11 is 0. The number of alkyl halides is 3. The van der Waals surface area contributed by atoms with E-state index in [-0.39, 0.29) is 47.9 Å². The summed E-state index contributed by atoms with van der Waals surface area (Å²) in [7, 11) is 3.52. The molecule has 1 aromatic heterocycles. The minimum absolute atomic E-state index is 0.00577. The number of aromatic nitrogens is 2. The number of carbonyl (C=O) groups excluding carboxylic acids is 2. The lowest BCUT2D eigenvalue weighted by Crippen LogP contribution is -2.48. The smallest absolute Gasteiger partial charge is 0.419 e. The molecular formula is C31H41F3N6O3. The molecule has 2 amide bonds. The van der Waals surface area contributed by atoms with Gasteiger partial charge in [0.05, 0.1) is 24.1 Å². The van der Waals surface area contributed by atoms with Crippen LogP contribution in [0.2, 0.25) is 0 Å². The number of nitrogens with zero attached hydrogens (tertiary/aromatic N) is 4. The number of benzene rings is 1. The van der Waals surface area contributed by atoms with Crippen molar-refractivity contribution in [1.82, 2.24) is 25.1 Å². The molecule has 3 aliphatic rings. The number of anilines is 2. The summed E-state index contributed by atoms with van der Waals surface area (Å²) in [5.41, 5.74) is -0.0934. The average Bonchev–Trinajstić information content (AvgIpc) is 2.99. The third-order valence-corrected chi connectivity index (χ3v) is 9.02. The molecule has 1 aromatic carbocycles. The highest BCUT2D eigenvalue weighted by Gasteiger charge is 2.39. The fourth-order valence-corrected chi connectivity index (χ4v) is 6.61. The summed E-state index contributed by atoms with van der Waals surface area (Å²) < 4.78 is 47.7. The topological polar surface area (TPSA) is 99.7 Å². The Bertz CT molecular complexity index is 1300. The number of amides is 2. The number of halogens is 3. The van der Waals surface area contributed by atoms with E-state index in [9.17, 15) is 22.8 Å². The van der Waals surface area contributed by atoms with Crippen molar-refractivity contribution in [3.63, 3.8) is 0 Å².